The number of fused-ring (bicyclic) bond motifs is 1. The van der Waals surface area contributed by atoms with Crippen molar-refractivity contribution < 1.29 is 34.0 Å². The molecule has 7 heteroatoms. The van der Waals surface area contributed by atoms with Crippen LogP contribution in [0, 0.1) is 0 Å². The van der Waals surface area contributed by atoms with Crippen molar-refractivity contribution in [3.05, 3.63) is 12.0 Å². The zero-order valence-corrected chi connectivity index (χ0v) is 7.50. The minimum Gasteiger partial charge on any atom is -0.488 e. The van der Waals surface area contributed by atoms with E-state index in [2.05, 4.69) is 0 Å². The van der Waals surface area contributed by atoms with Crippen molar-refractivity contribution in [2.45, 2.75) is 11.7 Å². The second-order valence-corrected chi connectivity index (χ2v) is 3.07. The van der Waals surface area contributed by atoms with Gasteiger partial charge in [-0.1, -0.05) is 0 Å². The first-order chi connectivity index (χ1) is 7.09. The van der Waals surface area contributed by atoms with Gasteiger partial charge in [-0.3, -0.25) is 0 Å². The molecule has 1 fully saturated rings. The molecule has 15 heavy (non-hydrogen) atoms. The van der Waals surface area contributed by atoms with Crippen LogP contribution < -0.4 is 0 Å². The minimum absolute atomic E-state index is 0.0107. The van der Waals surface area contributed by atoms with Crippen molar-refractivity contribution in [1.82, 2.24) is 0 Å². The zero-order chi connectivity index (χ0) is 11.1. The van der Waals surface area contributed by atoms with Gasteiger partial charge >= 0.3 is 11.9 Å². The van der Waals surface area contributed by atoms with E-state index >= 15 is 0 Å². The van der Waals surface area contributed by atoms with Crippen LogP contribution in [-0.4, -0.2) is 47.1 Å². The van der Waals surface area contributed by atoms with Crippen molar-refractivity contribution in [2.24, 2.45) is 0 Å². The van der Waals surface area contributed by atoms with Gasteiger partial charge < -0.3 is 24.4 Å². The number of aliphatic carboxylic acids is 2. The lowest BCUT2D eigenvalue weighted by Crippen LogP contribution is -2.57. The van der Waals surface area contributed by atoms with Crippen LogP contribution in [0.1, 0.15) is 0 Å². The van der Waals surface area contributed by atoms with Gasteiger partial charge in [-0.2, -0.15) is 0 Å². The Morgan fingerprint density at radius 1 is 1.40 bits per heavy atom. The fourth-order valence-corrected chi connectivity index (χ4v) is 1.60. The molecular weight excluding hydrogens is 208 g/mol. The molecule has 0 aromatic carbocycles. The Kier molecular flexibility index (Phi) is 2.04. The highest BCUT2D eigenvalue weighted by Gasteiger charge is 2.62. The van der Waals surface area contributed by atoms with E-state index in [1.165, 1.54) is 0 Å². The third kappa shape index (κ3) is 1.16. The van der Waals surface area contributed by atoms with Gasteiger partial charge in [0.15, 0.2) is 5.76 Å². The van der Waals surface area contributed by atoms with E-state index < -0.39 is 23.6 Å². The van der Waals surface area contributed by atoms with E-state index in [1.54, 1.807) is 0 Å². The van der Waals surface area contributed by atoms with Crippen molar-refractivity contribution in [2.75, 3.05) is 13.2 Å². The van der Waals surface area contributed by atoms with Crippen LogP contribution in [0.15, 0.2) is 12.0 Å². The summed E-state index contributed by atoms with van der Waals surface area (Å²) in [6.07, 6.45) is -0.628. The molecule has 0 saturated carbocycles. The predicted molar refractivity (Wildman–Crippen MR) is 42.9 cm³/mol. The maximum Gasteiger partial charge on any atom is 0.349 e. The summed E-state index contributed by atoms with van der Waals surface area (Å²) in [5.41, 5.74) is -2.04. The van der Waals surface area contributed by atoms with E-state index in [9.17, 15) is 9.59 Å². The molecule has 2 rings (SSSR count). The Bertz CT molecular complexity index is 347. The van der Waals surface area contributed by atoms with Gasteiger partial charge in [0, 0.05) is 0 Å². The lowest BCUT2D eigenvalue weighted by atomic mass is 9.95. The van der Waals surface area contributed by atoms with Gasteiger partial charge in [-0.15, -0.1) is 0 Å². The molecule has 2 aliphatic rings. The molecule has 7 nitrogen and oxygen atoms in total. The maximum atomic E-state index is 11.1. The van der Waals surface area contributed by atoms with Crippen LogP contribution in [0.3, 0.4) is 0 Å². The summed E-state index contributed by atoms with van der Waals surface area (Å²) < 4.78 is 14.8. The van der Waals surface area contributed by atoms with Crippen LogP contribution >= 0.6 is 0 Å². The standard InChI is InChI=1S/C8H8O7/c9-6(10)5-8(7(11)12)4(3-14-5)13-1-2-15-8/h3,5H,1-2H2,(H,9,10)(H,11,12). The quantitative estimate of drug-likeness (QED) is 0.621. The summed E-state index contributed by atoms with van der Waals surface area (Å²) in [5, 5.41) is 17.8. The topological polar surface area (TPSA) is 102 Å². The van der Waals surface area contributed by atoms with Crippen molar-refractivity contribution in [3.8, 4) is 0 Å². The fraction of sp³-hybridized carbons (Fsp3) is 0.500. The molecule has 0 aromatic heterocycles. The Morgan fingerprint density at radius 3 is 2.73 bits per heavy atom. The van der Waals surface area contributed by atoms with Crippen LogP contribution in [0.4, 0.5) is 0 Å². The van der Waals surface area contributed by atoms with Crippen LogP contribution in [-0.2, 0) is 23.8 Å². The molecule has 2 atom stereocenters. The van der Waals surface area contributed by atoms with E-state index in [4.69, 9.17) is 24.4 Å². The third-order valence-electron chi connectivity index (χ3n) is 2.26. The lowest BCUT2D eigenvalue weighted by molar-refractivity contribution is -0.195. The van der Waals surface area contributed by atoms with Gasteiger partial charge in [0.05, 0.1) is 6.61 Å². The molecule has 0 radical (unpaired) electrons. The maximum absolute atomic E-state index is 11.1. The minimum atomic E-state index is -2.04. The number of rotatable bonds is 2. The molecule has 2 unspecified atom stereocenters. The SMILES string of the molecule is O=C(O)C1OC=C2OCCOC21C(=O)O. The highest BCUT2D eigenvalue weighted by Crippen LogP contribution is 2.37. The molecular formula is C8H8O7. The second kappa shape index (κ2) is 3.13. The predicted octanol–water partition coefficient (Wildman–Crippen LogP) is -0.819. The average molecular weight is 216 g/mol. The first-order valence-corrected chi connectivity index (χ1v) is 4.18. The molecule has 82 valence electrons. The van der Waals surface area contributed by atoms with E-state index in [1.807, 2.05) is 0 Å². The Hall–Kier alpha value is -1.76. The third-order valence-corrected chi connectivity index (χ3v) is 2.26. The average Bonchev–Trinajstić information content (AvgIpc) is 2.57. The summed E-state index contributed by atoms with van der Waals surface area (Å²) in [6.45, 7) is 0.188. The number of ether oxygens (including phenoxy) is 3. The highest BCUT2D eigenvalue weighted by atomic mass is 16.6. The van der Waals surface area contributed by atoms with Crippen LogP contribution in [0.2, 0.25) is 0 Å². The zero-order valence-electron chi connectivity index (χ0n) is 7.50. The smallest absolute Gasteiger partial charge is 0.349 e. The van der Waals surface area contributed by atoms with E-state index in [0.29, 0.717) is 0 Å². The van der Waals surface area contributed by atoms with Gasteiger partial charge in [0.25, 0.3) is 5.60 Å². The number of carboxylic acids is 2. The lowest BCUT2D eigenvalue weighted by Gasteiger charge is -2.32. The largest absolute Gasteiger partial charge is 0.488 e. The Labute approximate surface area is 83.8 Å². The van der Waals surface area contributed by atoms with Gasteiger partial charge in [0.1, 0.15) is 12.9 Å². The molecule has 0 bridgehead atoms. The molecule has 2 heterocycles. The summed E-state index contributed by atoms with van der Waals surface area (Å²) in [7, 11) is 0. The Balaban J connectivity index is 2.42. The molecule has 0 aliphatic carbocycles. The highest BCUT2D eigenvalue weighted by molar-refractivity contribution is 5.91. The molecule has 2 N–H and O–H groups in total. The van der Waals surface area contributed by atoms with Crippen molar-refractivity contribution >= 4 is 11.9 Å². The molecule has 2 aliphatic heterocycles. The van der Waals surface area contributed by atoms with Crippen molar-refractivity contribution in [3.63, 3.8) is 0 Å². The number of carbonyl (C=O) groups is 2. The van der Waals surface area contributed by atoms with Crippen molar-refractivity contribution in [1.29, 1.82) is 0 Å². The number of carboxylic acid groups (broad SMARTS) is 2. The summed E-state index contributed by atoms with van der Waals surface area (Å²) >= 11 is 0. The first kappa shape index (κ1) is 9.78. The molecule has 0 aromatic rings. The van der Waals surface area contributed by atoms with Crippen LogP contribution in [0.5, 0.6) is 0 Å². The summed E-state index contributed by atoms with van der Waals surface area (Å²) in [6, 6.07) is 0. The van der Waals surface area contributed by atoms with Gasteiger partial charge in [0.2, 0.25) is 6.10 Å². The fourth-order valence-electron chi connectivity index (χ4n) is 1.60. The van der Waals surface area contributed by atoms with Gasteiger partial charge in [-0.05, 0) is 0 Å². The number of hydrogen-bond acceptors (Lipinski definition) is 5. The van der Waals surface area contributed by atoms with Gasteiger partial charge in [-0.25, -0.2) is 9.59 Å². The normalized spacial score (nSPS) is 33.3. The number of hydrogen-bond donors (Lipinski definition) is 2. The molecule has 0 amide bonds. The Morgan fingerprint density at radius 2 is 2.13 bits per heavy atom. The van der Waals surface area contributed by atoms with Crippen LogP contribution in [0.25, 0.3) is 0 Å². The monoisotopic (exact) mass is 216 g/mol. The first-order valence-electron chi connectivity index (χ1n) is 4.18. The molecule has 1 saturated heterocycles. The second-order valence-electron chi connectivity index (χ2n) is 3.07. The van der Waals surface area contributed by atoms with E-state index in [-0.39, 0.29) is 19.0 Å². The summed E-state index contributed by atoms with van der Waals surface area (Å²) in [4.78, 5) is 21.9. The van der Waals surface area contributed by atoms with E-state index in [0.717, 1.165) is 6.26 Å². The summed E-state index contributed by atoms with van der Waals surface area (Å²) in [5.74, 6) is -2.94. The molecule has 0 spiro atoms.